The first-order valence-electron chi connectivity index (χ1n) is 8.09. The molecule has 2 aromatic rings. The lowest BCUT2D eigenvalue weighted by atomic mass is 10.2. The molecule has 0 aliphatic carbocycles. The van der Waals surface area contributed by atoms with E-state index in [9.17, 15) is 9.18 Å². The van der Waals surface area contributed by atoms with E-state index in [0.717, 1.165) is 44.7 Å². The van der Waals surface area contributed by atoms with Gasteiger partial charge in [0.2, 0.25) is 0 Å². The Morgan fingerprint density at radius 1 is 1.26 bits per heavy atom. The SMILES string of the molecule is CN1CCN(CCCNC(=O)c2cc3cc(F)ccc3[nH]2)CC1. The van der Waals surface area contributed by atoms with Crippen LogP contribution in [0.5, 0.6) is 0 Å². The first-order valence-corrected chi connectivity index (χ1v) is 8.09. The number of hydrogen-bond acceptors (Lipinski definition) is 3. The number of nitrogens with zero attached hydrogens (tertiary/aromatic N) is 2. The lowest BCUT2D eigenvalue weighted by molar-refractivity contribution is 0.0945. The van der Waals surface area contributed by atoms with Crippen LogP contribution in [-0.2, 0) is 0 Å². The van der Waals surface area contributed by atoms with Gasteiger partial charge in [-0.2, -0.15) is 0 Å². The number of H-pyrrole nitrogens is 1. The van der Waals surface area contributed by atoms with Crippen LogP contribution in [0.25, 0.3) is 10.9 Å². The lowest BCUT2D eigenvalue weighted by Crippen LogP contribution is -2.45. The van der Waals surface area contributed by atoms with Crippen molar-refractivity contribution in [3.8, 4) is 0 Å². The first-order chi connectivity index (χ1) is 11.1. The lowest BCUT2D eigenvalue weighted by Gasteiger charge is -2.32. The maximum absolute atomic E-state index is 13.2. The molecule has 0 atom stereocenters. The average Bonchev–Trinajstić information content (AvgIpc) is 2.96. The van der Waals surface area contributed by atoms with Gasteiger partial charge in [-0.15, -0.1) is 0 Å². The van der Waals surface area contributed by atoms with Crippen molar-refractivity contribution in [2.24, 2.45) is 0 Å². The van der Waals surface area contributed by atoms with Crippen molar-refractivity contribution in [3.63, 3.8) is 0 Å². The maximum atomic E-state index is 13.2. The Balaban J connectivity index is 1.45. The molecule has 1 amide bonds. The standard InChI is InChI=1S/C17H23FN4O/c1-21-7-9-22(10-8-21)6-2-5-19-17(23)16-12-13-11-14(18)3-4-15(13)20-16/h3-4,11-12,20H,2,5-10H2,1H3,(H,19,23). The van der Waals surface area contributed by atoms with Gasteiger partial charge in [0.05, 0.1) is 0 Å². The van der Waals surface area contributed by atoms with Crippen molar-refractivity contribution in [2.75, 3.05) is 46.3 Å². The largest absolute Gasteiger partial charge is 0.351 e. The van der Waals surface area contributed by atoms with E-state index in [1.807, 2.05) is 0 Å². The molecule has 3 rings (SSSR count). The fourth-order valence-corrected chi connectivity index (χ4v) is 2.90. The minimum absolute atomic E-state index is 0.139. The summed E-state index contributed by atoms with van der Waals surface area (Å²) in [5.74, 6) is -0.435. The molecule has 6 heteroatoms. The van der Waals surface area contributed by atoms with Gasteiger partial charge in [-0.05, 0) is 44.3 Å². The van der Waals surface area contributed by atoms with E-state index in [0.29, 0.717) is 17.6 Å². The van der Waals surface area contributed by atoms with Crippen molar-refractivity contribution in [1.82, 2.24) is 20.1 Å². The Morgan fingerprint density at radius 2 is 2.04 bits per heavy atom. The van der Waals surface area contributed by atoms with Gasteiger partial charge in [0, 0.05) is 43.6 Å². The predicted octanol–water partition coefficient (Wildman–Crippen LogP) is 1.67. The normalized spacial score (nSPS) is 16.8. The van der Waals surface area contributed by atoms with Gasteiger partial charge in [-0.1, -0.05) is 0 Å². The van der Waals surface area contributed by atoms with Crippen molar-refractivity contribution in [1.29, 1.82) is 0 Å². The van der Waals surface area contributed by atoms with E-state index in [-0.39, 0.29) is 11.7 Å². The van der Waals surface area contributed by atoms with Gasteiger partial charge in [0.15, 0.2) is 0 Å². The summed E-state index contributed by atoms with van der Waals surface area (Å²) in [5, 5.41) is 3.64. The number of likely N-dealkylation sites (N-methyl/N-ethyl adjacent to an activating group) is 1. The molecular formula is C17H23FN4O. The molecule has 1 aromatic carbocycles. The molecule has 1 aliphatic rings. The number of aromatic nitrogens is 1. The topological polar surface area (TPSA) is 51.4 Å². The summed E-state index contributed by atoms with van der Waals surface area (Å²) in [6, 6.07) is 6.15. The maximum Gasteiger partial charge on any atom is 0.267 e. The van der Waals surface area contributed by atoms with Crippen molar-refractivity contribution in [3.05, 3.63) is 35.8 Å². The molecule has 2 N–H and O–H groups in total. The summed E-state index contributed by atoms with van der Waals surface area (Å²) in [4.78, 5) is 19.9. The first kappa shape index (κ1) is 16.0. The van der Waals surface area contributed by atoms with Gasteiger partial charge in [0.25, 0.3) is 5.91 Å². The second kappa shape index (κ2) is 7.10. The van der Waals surface area contributed by atoms with Crippen LogP contribution in [-0.4, -0.2) is 67.0 Å². The van der Waals surface area contributed by atoms with Crippen LogP contribution < -0.4 is 5.32 Å². The highest BCUT2D eigenvalue weighted by atomic mass is 19.1. The van der Waals surface area contributed by atoms with Crippen LogP contribution in [0.1, 0.15) is 16.9 Å². The average molecular weight is 318 g/mol. The second-order valence-corrected chi connectivity index (χ2v) is 6.17. The smallest absolute Gasteiger partial charge is 0.267 e. The van der Waals surface area contributed by atoms with E-state index >= 15 is 0 Å². The molecule has 0 saturated carbocycles. The number of hydrogen-bond donors (Lipinski definition) is 2. The number of rotatable bonds is 5. The zero-order valence-corrected chi connectivity index (χ0v) is 13.4. The predicted molar refractivity (Wildman–Crippen MR) is 89.1 cm³/mol. The van der Waals surface area contributed by atoms with E-state index < -0.39 is 0 Å². The molecule has 0 radical (unpaired) electrons. The highest BCUT2D eigenvalue weighted by Gasteiger charge is 2.13. The van der Waals surface area contributed by atoms with Gasteiger partial charge in [0.1, 0.15) is 11.5 Å². The van der Waals surface area contributed by atoms with Crippen molar-refractivity contribution >= 4 is 16.8 Å². The molecule has 1 fully saturated rings. The number of benzene rings is 1. The molecule has 124 valence electrons. The van der Waals surface area contributed by atoms with Crippen molar-refractivity contribution in [2.45, 2.75) is 6.42 Å². The zero-order valence-electron chi connectivity index (χ0n) is 13.4. The third-order valence-electron chi connectivity index (χ3n) is 4.36. The Labute approximate surface area is 135 Å². The Hall–Kier alpha value is -1.92. The van der Waals surface area contributed by atoms with Gasteiger partial charge in [-0.25, -0.2) is 4.39 Å². The van der Waals surface area contributed by atoms with Crippen LogP contribution in [0.3, 0.4) is 0 Å². The Kier molecular flexibility index (Phi) is 4.93. The molecule has 2 heterocycles. The summed E-state index contributed by atoms with van der Waals surface area (Å²) in [6.07, 6.45) is 0.935. The fourth-order valence-electron chi connectivity index (χ4n) is 2.90. The number of aromatic amines is 1. The van der Waals surface area contributed by atoms with Crippen LogP contribution in [0.4, 0.5) is 4.39 Å². The minimum atomic E-state index is -0.296. The fraction of sp³-hybridized carbons (Fsp3) is 0.471. The quantitative estimate of drug-likeness (QED) is 0.825. The molecule has 0 bridgehead atoms. The molecular weight excluding hydrogens is 295 g/mol. The van der Waals surface area contributed by atoms with Crippen molar-refractivity contribution < 1.29 is 9.18 Å². The summed E-state index contributed by atoms with van der Waals surface area (Å²) < 4.78 is 13.2. The van der Waals surface area contributed by atoms with Crippen LogP contribution in [0, 0.1) is 5.82 Å². The van der Waals surface area contributed by atoms with Gasteiger partial charge in [-0.3, -0.25) is 4.79 Å². The van der Waals surface area contributed by atoms with Crippen LogP contribution in [0.2, 0.25) is 0 Å². The number of piperazine rings is 1. The monoisotopic (exact) mass is 318 g/mol. The molecule has 1 aliphatic heterocycles. The third kappa shape index (κ3) is 4.09. The van der Waals surface area contributed by atoms with Crippen LogP contribution >= 0.6 is 0 Å². The highest BCUT2D eigenvalue weighted by Crippen LogP contribution is 2.16. The molecule has 1 saturated heterocycles. The Morgan fingerprint density at radius 3 is 2.83 bits per heavy atom. The molecule has 1 aromatic heterocycles. The summed E-state index contributed by atoms with van der Waals surface area (Å²) >= 11 is 0. The number of halogens is 1. The summed E-state index contributed by atoms with van der Waals surface area (Å²) in [5.41, 5.74) is 1.25. The minimum Gasteiger partial charge on any atom is -0.351 e. The molecule has 23 heavy (non-hydrogen) atoms. The number of amides is 1. The van der Waals surface area contributed by atoms with Crippen LogP contribution in [0.15, 0.2) is 24.3 Å². The molecule has 0 spiro atoms. The number of fused-ring (bicyclic) bond motifs is 1. The number of nitrogens with one attached hydrogen (secondary N) is 2. The van der Waals surface area contributed by atoms with E-state index in [4.69, 9.17) is 0 Å². The van der Waals surface area contributed by atoms with E-state index in [2.05, 4.69) is 27.1 Å². The molecule has 5 nitrogen and oxygen atoms in total. The van der Waals surface area contributed by atoms with Gasteiger partial charge >= 0.3 is 0 Å². The highest BCUT2D eigenvalue weighted by molar-refractivity contribution is 5.97. The molecule has 0 unspecified atom stereocenters. The van der Waals surface area contributed by atoms with E-state index in [1.54, 1.807) is 12.1 Å². The Bertz CT molecular complexity index is 676. The second-order valence-electron chi connectivity index (χ2n) is 6.17. The number of carbonyl (C=O) groups excluding carboxylic acids is 1. The van der Waals surface area contributed by atoms with Gasteiger partial charge < -0.3 is 20.1 Å². The van der Waals surface area contributed by atoms with E-state index in [1.165, 1.54) is 12.1 Å². The third-order valence-corrected chi connectivity index (χ3v) is 4.36. The summed E-state index contributed by atoms with van der Waals surface area (Å²) in [7, 11) is 2.14. The number of carbonyl (C=O) groups is 1. The summed E-state index contributed by atoms with van der Waals surface area (Å²) in [6.45, 7) is 6.06. The zero-order chi connectivity index (χ0) is 16.2.